The molecule has 1 rings (SSSR count). The van der Waals surface area contributed by atoms with E-state index in [1.165, 1.54) is 6.42 Å². The van der Waals surface area contributed by atoms with Gasteiger partial charge in [0, 0.05) is 13.7 Å². The molecule has 0 saturated carbocycles. The summed E-state index contributed by atoms with van der Waals surface area (Å²) in [5.74, 6) is 0.0926. The number of hydrogen-bond donors (Lipinski definition) is 2. The second-order valence-electron chi connectivity index (χ2n) is 3.90. The Kier molecular flexibility index (Phi) is 7.12. The van der Waals surface area contributed by atoms with Crippen LogP contribution >= 0.6 is 0 Å². The number of amides is 1. The van der Waals surface area contributed by atoms with E-state index in [2.05, 4.69) is 10.6 Å². The summed E-state index contributed by atoms with van der Waals surface area (Å²) >= 11 is 0. The van der Waals surface area contributed by atoms with Crippen molar-refractivity contribution >= 4 is 5.91 Å². The number of ether oxygens (including phenoxy) is 2. The Morgan fingerprint density at radius 2 is 2.25 bits per heavy atom. The minimum Gasteiger partial charge on any atom is -0.382 e. The van der Waals surface area contributed by atoms with Crippen LogP contribution in [0, 0.1) is 0 Å². The number of carbonyl (C=O) groups is 1. The molecule has 94 valence electrons. The lowest BCUT2D eigenvalue weighted by molar-refractivity contribution is -0.123. The van der Waals surface area contributed by atoms with Crippen molar-refractivity contribution in [2.24, 2.45) is 0 Å². The quantitative estimate of drug-likeness (QED) is 0.600. The van der Waals surface area contributed by atoms with Gasteiger partial charge in [-0.3, -0.25) is 4.79 Å². The Hall–Kier alpha value is -0.650. The Labute approximate surface area is 96.9 Å². The molecule has 0 aromatic heterocycles. The van der Waals surface area contributed by atoms with Crippen molar-refractivity contribution in [3.8, 4) is 0 Å². The van der Waals surface area contributed by atoms with E-state index in [1.54, 1.807) is 7.11 Å². The maximum atomic E-state index is 11.6. The topological polar surface area (TPSA) is 59.6 Å². The summed E-state index contributed by atoms with van der Waals surface area (Å²) in [6.07, 6.45) is 3.25. The van der Waals surface area contributed by atoms with Gasteiger partial charge in [-0.15, -0.1) is 0 Å². The highest BCUT2D eigenvalue weighted by Gasteiger charge is 2.19. The van der Waals surface area contributed by atoms with Crippen molar-refractivity contribution in [3.05, 3.63) is 0 Å². The summed E-state index contributed by atoms with van der Waals surface area (Å²) in [7, 11) is 1.64. The molecule has 5 heteroatoms. The van der Waals surface area contributed by atoms with Crippen LogP contribution in [-0.4, -0.2) is 52.0 Å². The fraction of sp³-hybridized carbons (Fsp3) is 0.909. The van der Waals surface area contributed by atoms with Crippen LogP contribution in [0.1, 0.15) is 19.3 Å². The predicted molar refractivity (Wildman–Crippen MR) is 61.3 cm³/mol. The molecule has 0 bridgehead atoms. The van der Waals surface area contributed by atoms with Gasteiger partial charge >= 0.3 is 0 Å². The summed E-state index contributed by atoms with van der Waals surface area (Å²) in [6.45, 7) is 3.23. The number of hydrogen-bond acceptors (Lipinski definition) is 4. The Morgan fingerprint density at radius 1 is 1.38 bits per heavy atom. The molecule has 2 N–H and O–H groups in total. The molecule has 0 radical (unpaired) electrons. The number of piperidine rings is 1. The van der Waals surface area contributed by atoms with Gasteiger partial charge in [0.2, 0.25) is 5.91 Å². The molecule has 1 atom stereocenters. The Morgan fingerprint density at radius 3 is 2.94 bits per heavy atom. The molecule has 1 amide bonds. The second kappa shape index (κ2) is 8.50. The average Bonchev–Trinajstić information content (AvgIpc) is 2.34. The molecule has 0 aromatic carbocycles. The van der Waals surface area contributed by atoms with Gasteiger partial charge in [0.15, 0.2) is 0 Å². The van der Waals surface area contributed by atoms with Gasteiger partial charge < -0.3 is 20.1 Å². The van der Waals surface area contributed by atoms with Crippen LogP contribution in [0.15, 0.2) is 0 Å². The van der Waals surface area contributed by atoms with Gasteiger partial charge in [0.05, 0.1) is 25.9 Å². The van der Waals surface area contributed by atoms with E-state index < -0.39 is 0 Å². The van der Waals surface area contributed by atoms with E-state index in [0.29, 0.717) is 26.4 Å². The van der Waals surface area contributed by atoms with Gasteiger partial charge in [-0.05, 0) is 19.4 Å². The highest BCUT2D eigenvalue weighted by Crippen LogP contribution is 2.06. The number of methoxy groups -OCH3 is 1. The third-order valence-electron chi connectivity index (χ3n) is 2.60. The number of nitrogens with one attached hydrogen (secondary N) is 2. The maximum absolute atomic E-state index is 11.6. The lowest BCUT2D eigenvalue weighted by Gasteiger charge is -2.22. The highest BCUT2D eigenvalue weighted by molar-refractivity contribution is 5.81. The fourth-order valence-electron chi connectivity index (χ4n) is 1.69. The van der Waals surface area contributed by atoms with Gasteiger partial charge in [-0.2, -0.15) is 0 Å². The molecule has 0 aliphatic carbocycles. The smallest absolute Gasteiger partial charge is 0.237 e. The lowest BCUT2D eigenvalue weighted by atomic mass is 10.0. The first-order chi connectivity index (χ1) is 7.84. The molecule has 1 aliphatic heterocycles. The summed E-state index contributed by atoms with van der Waals surface area (Å²) < 4.78 is 10.1. The zero-order chi connectivity index (χ0) is 11.6. The van der Waals surface area contributed by atoms with Crippen molar-refractivity contribution in [1.29, 1.82) is 0 Å². The standard InChI is InChI=1S/C11H22N2O3/c1-15-8-9-16-7-6-13-11(14)10-4-2-3-5-12-10/h10,12H,2-9H2,1H3,(H,13,14)/t10-/m1/s1. The predicted octanol–water partition coefficient (Wildman–Crippen LogP) is -0.0923. The van der Waals surface area contributed by atoms with Crippen molar-refractivity contribution in [1.82, 2.24) is 10.6 Å². The van der Waals surface area contributed by atoms with Crippen molar-refractivity contribution in [2.45, 2.75) is 25.3 Å². The number of carbonyl (C=O) groups excluding carboxylic acids is 1. The molecule has 1 saturated heterocycles. The van der Waals surface area contributed by atoms with E-state index in [1.807, 2.05) is 0 Å². The molecule has 16 heavy (non-hydrogen) atoms. The highest BCUT2D eigenvalue weighted by atomic mass is 16.5. The zero-order valence-electron chi connectivity index (χ0n) is 9.96. The lowest BCUT2D eigenvalue weighted by Crippen LogP contribution is -2.47. The van der Waals surface area contributed by atoms with E-state index in [9.17, 15) is 4.79 Å². The summed E-state index contributed by atoms with van der Waals surface area (Å²) in [4.78, 5) is 11.6. The molecule has 1 fully saturated rings. The normalized spacial score (nSPS) is 20.7. The van der Waals surface area contributed by atoms with Crippen LogP contribution in [0.2, 0.25) is 0 Å². The minimum absolute atomic E-state index is 0.00674. The molecule has 0 unspecified atom stereocenters. The van der Waals surface area contributed by atoms with Crippen molar-refractivity contribution < 1.29 is 14.3 Å². The van der Waals surface area contributed by atoms with Gasteiger partial charge in [-0.25, -0.2) is 0 Å². The molecule has 1 heterocycles. The van der Waals surface area contributed by atoms with E-state index in [0.717, 1.165) is 19.4 Å². The molecule has 0 aromatic rings. The average molecular weight is 230 g/mol. The Bertz CT molecular complexity index is 194. The van der Waals surface area contributed by atoms with E-state index in [-0.39, 0.29) is 11.9 Å². The largest absolute Gasteiger partial charge is 0.382 e. The Balaban J connectivity index is 1.97. The summed E-state index contributed by atoms with van der Waals surface area (Å²) in [5.41, 5.74) is 0. The van der Waals surface area contributed by atoms with Crippen LogP contribution in [0.3, 0.4) is 0 Å². The first-order valence-electron chi connectivity index (χ1n) is 5.92. The third-order valence-corrected chi connectivity index (χ3v) is 2.60. The summed E-state index contributed by atoms with van der Waals surface area (Å²) in [6, 6.07) is -0.00674. The number of rotatable bonds is 7. The third kappa shape index (κ3) is 5.44. The van der Waals surface area contributed by atoms with Crippen LogP contribution in [0.5, 0.6) is 0 Å². The van der Waals surface area contributed by atoms with Crippen molar-refractivity contribution in [2.75, 3.05) is 40.0 Å². The van der Waals surface area contributed by atoms with Crippen LogP contribution < -0.4 is 10.6 Å². The zero-order valence-corrected chi connectivity index (χ0v) is 9.96. The monoisotopic (exact) mass is 230 g/mol. The van der Waals surface area contributed by atoms with Gasteiger partial charge in [-0.1, -0.05) is 6.42 Å². The molecule has 0 spiro atoms. The maximum Gasteiger partial charge on any atom is 0.237 e. The van der Waals surface area contributed by atoms with Crippen LogP contribution in [0.4, 0.5) is 0 Å². The van der Waals surface area contributed by atoms with Crippen molar-refractivity contribution in [3.63, 3.8) is 0 Å². The van der Waals surface area contributed by atoms with Crippen LogP contribution in [-0.2, 0) is 14.3 Å². The SMILES string of the molecule is COCCOCCNC(=O)[C@H]1CCCCN1. The second-order valence-corrected chi connectivity index (χ2v) is 3.90. The minimum atomic E-state index is -0.00674. The molecule has 1 aliphatic rings. The van der Waals surface area contributed by atoms with E-state index >= 15 is 0 Å². The molecular formula is C11H22N2O3. The first kappa shape index (κ1) is 13.4. The van der Waals surface area contributed by atoms with Crippen LogP contribution in [0.25, 0.3) is 0 Å². The van der Waals surface area contributed by atoms with Gasteiger partial charge in [0.25, 0.3) is 0 Å². The summed E-state index contributed by atoms with van der Waals surface area (Å²) in [5, 5.41) is 6.07. The fourth-order valence-corrected chi connectivity index (χ4v) is 1.69. The molecular weight excluding hydrogens is 208 g/mol. The molecule has 5 nitrogen and oxygen atoms in total. The van der Waals surface area contributed by atoms with Gasteiger partial charge in [0.1, 0.15) is 0 Å². The van der Waals surface area contributed by atoms with E-state index in [4.69, 9.17) is 9.47 Å². The first-order valence-corrected chi connectivity index (χ1v) is 5.92.